The SMILES string of the molecule is C=CC(COCOC)(OC(=O)CC)C1CCCCC1. The van der Waals surface area contributed by atoms with Crippen LogP contribution >= 0.6 is 0 Å². The van der Waals surface area contributed by atoms with Crippen molar-refractivity contribution in [2.24, 2.45) is 5.92 Å². The van der Waals surface area contributed by atoms with E-state index in [9.17, 15) is 4.79 Å². The highest BCUT2D eigenvalue weighted by Gasteiger charge is 2.40. The maximum absolute atomic E-state index is 11.7. The quantitative estimate of drug-likeness (QED) is 0.294. The Balaban J connectivity index is 2.77. The molecule has 4 heteroatoms. The van der Waals surface area contributed by atoms with Gasteiger partial charge in [-0.2, -0.15) is 0 Å². The molecule has 1 saturated carbocycles. The zero-order valence-corrected chi connectivity index (χ0v) is 12.2. The monoisotopic (exact) mass is 270 g/mol. The average molecular weight is 270 g/mol. The van der Waals surface area contributed by atoms with Crippen molar-refractivity contribution in [1.82, 2.24) is 0 Å². The van der Waals surface area contributed by atoms with Gasteiger partial charge in [0.05, 0.1) is 6.61 Å². The Morgan fingerprint density at radius 1 is 1.37 bits per heavy atom. The van der Waals surface area contributed by atoms with E-state index < -0.39 is 5.60 Å². The van der Waals surface area contributed by atoms with Gasteiger partial charge in [-0.05, 0) is 18.9 Å². The highest BCUT2D eigenvalue weighted by atomic mass is 16.7. The van der Waals surface area contributed by atoms with Crippen LogP contribution in [0.5, 0.6) is 0 Å². The summed E-state index contributed by atoms with van der Waals surface area (Å²) in [6, 6.07) is 0. The summed E-state index contributed by atoms with van der Waals surface area (Å²) in [5.74, 6) is 0.0950. The standard InChI is InChI=1S/C15H26O4/c1-4-14(16)19-15(5-2,11-18-12-17-3)13-9-7-6-8-10-13/h5,13H,2,4,6-12H2,1,3H3. The lowest BCUT2D eigenvalue weighted by atomic mass is 9.77. The summed E-state index contributed by atoms with van der Waals surface area (Å²) in [5, 5.41) is 0. The van der Waals surface area contributed by atoms with E-state index in [0.717, 1.165) is 12.8 Å². The van der Waals surface area contributed by atoms with Gasteiger partial charge in [0.15, 0.2) is 5.60 Å². The van der Waals surface area contributed by atoms with Crippen LogP contribution in [-0.4, -0.2) is 32.1 Å². The Morgan fingerprint density at radius 3 is 2.58 bits per heavy atom. The summed E-state index contributed by atoms with van der Waals surface area (Å²) in [5.41, 5.74) is -0.702. The lowest BCUT2D eigenvalue weighted by Crippen LogP contribution is -2.46. The topological polar surface area (TPSA) is 44.8 Å². The van der Waals surface area contributed by atoms with Crippen LogP contribution in [0.3, 0.4) is 0 Å². The molecule has 0 radical (unpaired) electrons. The van der Waals surface area contributed by atoms with Crippen LogP contribution in [-0.2, 0) is 19.0 Å². The van der Waals surface area contributed by atoms with E-state index in [1.165, 1.54) is 19.3 Å². The van der Waals surface area contributed by atoms with E-state index in [1.807, 2.05) is 0 Å². The van der Waals surface area contributed by atoms with Crippen LogP contribution in [0, 0.1) is 5.92 Å². The van der Waals surface area contributed by atoms with Crippen molar-refractivity contribution < 1.29 is 19.0 Å². The molecule has 1 rings (SSSR count). The van der Waals surface area contributed by atoms with Gasteiger partial charge in [-0.3, -0.25) is 4.79 Å². The third kappa shape index (κ3) is 4.62. The van der Waals surface area contributed by atoms with Gasteiger partial charge in [0.1, 0.15) is 6.79 Å². The highest BCUT2D eigenvalue weighted by Crippen LogP contribution is 2.36. The van der Waals surface area contributed by atoms with E-state index in [-0.39, 0.29) is 12.8 Å². The molecule has 4 nitrogen and oxygen atoms in total. The average Bonchev–Trinajstić information content (AvgIpc) is 2.47. The fourth-order valence-electron chi connectivity index (χ4n) is 2.66. The minimum Gasteiger partial charge on any atom is -0.452 e. The van der Waals surface area contributed by atoms with Crippen molar-refractivity contribution in [1.29, 1.82) is 0 Å². The lowest BCUT2D eigenvalue weighted by Gasteiger charge is -2.39. The number of esters is 1. The molecule has 0 aromatic heterocycles. The Kier molecular flexibility index (Phi) is 7.10. The van der Waals surface area contributed by atoms with Crippen molar-refractivity contribution in [2.75, 3.05) is 20.5 Å². The van der Waals surface area contributed by atoms with Gasteiger partial charge in [0.25, 0.3) is 0 Å². The molecule has 0 bridgehead atoms. The zero-order valence-electron chi connectivity index (χ0n) is 12.2. The molecule has 0 heterocycles. The lowest BCUT2D eigenvalue weighted by molar-refractivity contribution is -0.174. The van der Waals surface area contributed by atoms with E-state index in [1.54, 1.807) is 20.1 Å². The molecule has 0 aromatic rings. The first-order valence-corrected chi connectivity index (χ1v) is 7.10. The number of carbonyl (C=O) groups excluding carboxylic acids is 1. The van der Waals surface area contributed by atoms with Crippen LogP contribution in [0.15, 0.2) is 12.7 Å². The second-order valence-electron chi connectivity index (χ2n) is 5.08. The van der Waals surface area contributed by atoms with Crippen molar-refractivity contribution in [3.63, 3.8) is 0 Å². The Morgan fingerprint density at radius 2 is 2.05 bits per heavy atom. The minimum absolute atomic E-state index is 0.200. The molecule has 1 aliphatic rings. The molecule has 0 spiro atoms. The van der Waals surface area contributed by atoms with Gasteiger partial charge in [-0.15, -0.1) is 0 Å². The van der Waals surface area contributed by atoms with Crippen molar-refractivity contribution >= 4 is 5.97 Å². The maximum atomic E-state index is 11.7. The van der Waals surface area contributed by atoms with Crippen molar-refractivity contribution in [3.05, 3.63) is 12.7 Å². The highest BCUT2D eigenvalue weighted by molar-refractivity contribution is 5.69. The van der Waals surface area contributed by atoms with Crippen molar-refractivity contribution in [2.45, 2.75) is 51.0 Å². The van der Waals surface area contributed by atoms with E-state index in [0.29, 0.717) is 18.9 Å². The Labute approximate surface area is 116 Å². The first kappa shape index (κ1) is 16.2. The smallest absolute Gasteiger partial charge is 0.306 e. The number of carbonyl (C=O) groups is 1. The number of rotatable bonds is 8. The molecule has 110 valence electrons. The zero-order chi connectivity index (χ0) is 14.1. The second-order valence-corrected chi connectivity index (χ2v) is 5.08. The summed E-state index contributed by atoms with van der Waals surface area (Å²) < 4.78 is 16.1. The van der Waals surface area contributed by atoms with Gasteiger partial charge in [-0.1, -0.05) is 32.8 Å². The fraction of sp³-hybridized carbons (Fsp3) is 0.800. The third-order valence-corrected chi connectivity index (χ3v) is 3.76. The van der Waals surface area contributed by atoms with Crippen LogP contribution < -0.4 is 0 Å². The molecule has 1 fully saturated rings. The number of hydrogen-bond donors (Lipinski definition) is 0. The maximum Gasteiger partial charge on any atom is 0.306 e. The van der Waals surface area contributed by atoms with Gasteiger partial charge in [0.2, 0.25) is 0 Å². The van der Waals surface area contributed by atoms with Gasteiger partial charge in [0, 0.05) is 19.4 Å². The summed E-state index contributed by atoms with van der Waals surface area (Å²) in [6.07, 6.45) is 7.82. The molecule has 0 aromatic carbocycles. The van der Waals surface area contributed by atoms with Crippen molar-refractivity contribution in [3.8, 4) is 0 Å². The van der Waals surface area contributed by atoms with Crippen LogP contribution in [0.1, 0.15) is 45.4 Å². The van der Waals surface area contributed by atoms with Gasteiger partial charge >= 0.3 is 5.97 Å². The first-order chi connectivity index (χ1) is 9.18. The molecule has 0 aliphatic heterocycles. The summed E-state index contributed by atoms with van der Waals surface area (Å²) in [4.78, 5) is 11.7. The van der Waals surface area contributed by atoms with Gasteiger partial charge < -0.3 is 14.2 Å². The summed E-state index contributed by atoms with van der Waals surface area (Å²) >= 11 is 0. The molecular formula is C15H26O4. The van der Waals surface area contributed by atoms with Crippen LogP contribution in [0.4, 0.5) is 0 Å². The predicted molar refractivity (Wildman–Crippen MR) is 73.7 cm³/mol. The Bertz CT molecular complexity index is 284. The van der Waals surface area contributed by atoms with E-state index in [4.69, 9.17) is 14.2 Å². The predicted octanol–water partition coefficient (Wildman–Crippen LogP) is 3.07. The third-order valence-electron chi connectivity index (χ3n) is 3.76. The largest absolute Gasteiger partial charge is 0.452 e. The first-order valence-electron chi connectivity index (χ1n) is 7.10. The van der Waals surface area contributed by atoms with E-state index in [2.05, 4.69) is 6.58 Å². The Hall–Kier alpha value is -0.870. The number of methoxy groups -OCH3 is 1. The number of hydrogen-bond acceptors (Lipinski definition) is 4. The molecule has 1 aliphatic carbocycles. The van der Waals surface area contributed by atoms with E-state index >= 15 is 0 Å². The van der Waals surface area contributed by atoms with Crippen LogP contribution in [0.2, 0.25) is 0 Å². The molecule has 1 unspecified atom stereocenters. The van der Waals surface area contributed by atoms with Crippen LogP contribution in [0.25, 0.3) is 0 Å². The molecule has 0 N–H and O–H groups in total. The molecule has 19 heavy (non-hydrogen) atoms. The van der Waals surface area contributed by atoms with Gasteiger partial charge in [-0.25, -0.2) is 0 Å². The molecule has 0 saturated heterocycles. The number of ether oxygens (including phenoxy) is 3. The summed E-state index contributed by atoms with van der Waals surface area (Å²) in [6.45, 7) is 6.20. The molecule has 0 amide bonds. The molecule has 1 atom stereocenters. The second kappa shape index (κ2) is 8.33. The minimum atomic E-state index is -0.702. The molecular weight excluding hydrogens is 244 g/mol. The summed E-state index contributed by atoms with van der Waals surface area (Å²) in [7, 11) is 1.58. The fourth-order valence-corrected chi connectivity index (χ4v) is 2.66. The normalized spacial score (nSPS) is 19.7.